The molecule has 0 unspecified atom stereocenters. The van der Waals surface area contributed by atoms with E-state index in [9.17, 15) is 4.79 Å². The number of hydrogen-bond donors (Lipinski definition) is 0. The van der Waals surface area contributed by atoms with Gasteiger partial charge in [-0.05, 0) is 12.1 Å². The maximum absolute atomic E-state index is 10.8. The van der Waals surface area contributed by atoms with Crippen molar-refractivity contribution in [3.63, 3.8) is 0 Å². The van der Waals surface area contributed by atoms with E-state index in [1.807, 2.05) is 30.3 Å². The largest absolute Gasteiger partial charge is 0.306 e. The van der Waals surface area contributed by atoms with Crippen molar-refractivity contribution in [1.82, 2.24) is 0 Å². The lowest BCUT2D eigenvalue weighted by Gasteiger charge is -2.12. The third kappa shape index (κ3) is 2.05. The van der Waals surface area contributed by atoms with Crippen LogP contribution in [0.15, 0.2) is 30.3 Å². The van der Waals surface area contributed by atoms with Gasteiger partial charge in [-0.2, -0.15) is 0 Å². The summed E-state index contributed by atoms with van der Waals surface area (Å²) in [5, 5.41) is 0. The van der Waals surface area contributed by atoms with Crippen molar-refractivity contribution < 1.29 is 4.79 Å². The molecule has 0 saturated heterocycles. The van der Waals surface area contributed by atoms with Gasteiger partial charge in [0.1, 0.15) is 0 Å². The molecule has 0 fully saturated rings. The summed E-state index contributed by atoms with van der Waals surface area (Å²) in [6.07, 6.45) is 0. The van der Waals surface area contributed by atoms with E-state index >= 15 is 0 Å². The van der Waals surface area contributed by atoms with Crippen LogP contribution in [0.5, 0.6) is 0 Å². The fraction of sp³-hybridized carbons (Fsp3) is 0.125. The number of carbonyl (C=O) groups is 1. The molecule has 0 aliphatic heterocycles. The molecule has 0 bridgehead atoms. The molecule has 11 heavy (non-hydrogen) atoms. The van der Waals surface area contributed by atoms with Crippen LogP contribution < -0.4 is 4.90 Å². The van der Waals surface area contributed by atoms with Gasteiger partial charge in [0.25, 0.3) is 4.82 Å². The molecule has 58 valence electrons. The average Bonchev–Trinajstić information content (AvgIpc) is 2.05. The lowest BCUT2D eigenvalue weighted by Crippen LogP contribution is -2.18. The van der Waals surface area contributed by atoms with Gasteiger partial charge in [-0.1, -0.05) is 18.2 Å². The zero-order valence-electron chi connectivity index (χ0n) is 6.12. The number of rotatable bonds is 1. The van der Waals surface area contributed by atoms with Gasteiger partial charge in [-0.3, -0.25) is 4.79 Å². The highest BCUT2D eigenvalue weighted by Crippen LogP contribution is 2.12. The Kier molecular flexibility index (Phi) is 2.65. The zero-order chi connectivity index (χ0) is 8.27. The minimum Gasteiger partial charge on any atom is -0.306 e. The molecular weight excluding hydrogens is 206 g/mol. The number of halogens is 1. The molecule has 1 aromatic rings. The number of hydrogen-bond acceptors (Lipinski definition) is 1. The Morgan fingerprint density at radius 2 is 1.91 bits per heavy atom. The first kappa shape index (κ1) is 8.27. The molecule has 0 N–H and O–H groups in total. The van der Waals surface area contributed by atoms with E-state index in [2.05, 4.69) is 15.9 Å². The number of anilines is 1. The van der Waals surface area contributed by atoms with Crippen LogP contribution in [0, 0.1) is 0 Å². The van der Waals surface area contributed by atoms with Crippen molar-refractivity contribution in [2.75, 3.05) is 11.9 Å². The summed E-state index contributed by atoms with van der Waals surface area (Å²) in [6.45, 7) is 0. The van der Waals surface area contributed by atoms with E-state index in [4.69, 9.17) is 0 Å². The summed E-state index contributed by atoms with van der Waals surface area (Å²) in [6, 6.07) is 9.44. The summed E-state index contributed by atoms with van der Waals surface area (Å²) >= 11 is 2.86. The molecule has 3 heteroatoms. The van der Waals surface area contributed by atoms with Crippen molar-refractivity contribution in [3.05, 3.63) is 30.3 Å². The standard InChI is InChI=1S/C8H8BrNO/c1-10(8(9)11)7-5-3-2-4-6-7/h2-6H,1H3. The van der Waals surface area contributed by atoms with Crippen LogP contribution in [0.25, 0.3) is 0 Å². The first-order valence-corrected chi connectivity index (χ1v) is 3.99. The topological polar surface area (TPSA) is 20.3 Å². The maximum Gasteiger partial charge on any atom is 0.293 e. The van der Waals surface area contributed by atoms with Gasteiger partial charge in [0.15, 0.2) is 0 Å². The zero-order valence-corrected chi connectivity index (χ0v) is 7.71. The van der Waals surface area contributed by atoms with Crippen molar-refractivity contribution in [1.29, 1.82) is 0 Å². The van der Waals surface area contributed by atoms with Gasteiger partial charge in [-0.25, -0.2) is 0 Å². The Labute approximate surface area is 74.0 Å². The molecule has 0 saturated carbocycles. The number of carbonyl (C=O) groups excluding carboxylic acids is 1. The second kappa shape index (κ2) is 3.53. The highest BCUT2D eigenvalue weighted by Gasteiger charge is 2.04. The SMILES string of the molecule is CN(C(=O)Br)c1ccccc1. The molecule has 1 aromatic carbocycles. The summed E-state index contributed by atoms with van der Waals surface area (Å²) in [5.74, 6) is 0. The molecule has 1 amide bonds. The van der Waals surface area contributed by atoms with E-state index in [1.165, 1.54) is 4.90 Å². The molecule has 0 heterocycles. The van der Waals surface area contributed by atoms with Crippen LogP contribution in [0.2, 0.25) is 0 Å². The third-order valence-electron chi connectivity index (χ3n) is 1.41. The minimum absolute atomic E-state index is 0.135. The van der Waals surface area contributed by atoms with Gasteiger partial charge in [-0.15, -0.1) is 0 Å². The lowest BCUT2D eigenvalue weighted by atomic mass is 10.3. The van der Waals surface area contributed by atoms with Gasteiger partial charge < -0.3 is 4.90 Å². The van der Waals surface area contributed by atoms with Crippen LogP contribution in [0.4, 0.5) is 10.5 Å². The second-order valence-corrected chi connectivity index (χ2v) is 2.83. The molecule has 0 radical (unpaired) electrons. The molecule has 1 rings (SSSR count). The lowest BCUT2D eigenvalue weighted by molar-refractivity contribution is 0.267. The average molecular weight is 214 g/mol. The number of benzene rings is 1. The van der Waals surface area contributed by atoms with Crippen LogP contribution in [-0.2, 0) is 0 Å². The van der Waals surface area contributed by atoms with E-state index in [1.54, 1.807) is 7.05 Å². The summed E-state index contributed by atoms with van der Waals surface area (Å²) in [7, 11) is 1.71. The predicted molar refractivity (Wildman–Crippen MR) is 49.2 cm³/mol. The summed E-state index contributed by atoms with van der Waals surface area (Å²) in [5.41, 5.74) is 0.884. The van der Waals surface area contributed by atoms with Gasteiger partial charge >= 0.3 is 0 Å². The van der Waals surface area contributed by atoms with Crippen molar-refractivity contribution in [2.24, 2.45) is 0 Å². The number of para-hydroxylation sites is 1. The van der Waals surface area contributed by atoms with Crippen LogP contribution >= 0.6 is 15.9 Å². The monoisotopic (exact) mass is 213 g/mol. The molecule has 0 aliphatic carbocycles. The molecule has 0 atom stereocenters. The van der Waals surface area contributed by atoms with E-state index in [-0.39, 0.29) is 4.82 Å². The van der Waals surface area contributed by atoms with Crippen LogP contribution in [-0.4, -0.2) is 11.9 Å². The molecule has 0 aliphatic rings. The Morgan fingerprint density at radius 1 is 1.36 bits per heavy atom. The van der Waals surface area contributed by atoms with E-state index < -0.39 is 0 Å². The fourth-order valence-electron chi connectivity index (χ4n) is 0.753. The van der Waals surface area contributed by atoms with Gasteiger partial charge in [0.05, 0.1) is 0 Å². The fourth-order valence-corrected chi connectivity index (χ4v) is 0.958. The molecular formula is C8H8BrNO. The minimum atomic E-state index is -0.135. The Balaban J connectivity index is 2.85. The van der Waals surface area contributed by atoms with Crippen molar-refractivity contribution in [2.45, 2.75) is 0 Å². The van der Waals surface area contributed by atoms with Crippen molar-refractivity contribution >= 4 is 26.4 Å². The highest BCUT2D eigenvalue weighted by molar-refractivity contribution is 9.18. The summed E-state index contributed by atoms with van der Waals surface area (Å²) in [4.78, 5) is 12.2. The number of amides is 1. The third-order valence-corrected chi connectivity index (χ3v) is 1.94. The molecule has 0 spiro atoms. The van der Waals surface area contributed by atoms with Crippen molar-refractivity contribution in [3.8, 4) is 0 Å². The molecule has 0 aromatic heterocycles. The summed E-state index contributed by atoms with van der Waals surface area (Å²) < 4.78 is 0. The van der Waals surface area contributed by atoms with Crippen LogP contribution in [0.3, 0.4) is 0 Å². The quantitative estimate of drug-likeness (QED) is 0.519. The maximum atomic E-state index is 10.8. The number of nitrogens with zero attached hydrogens (tertiary/aromatic N) is 1. The normalized spacial score (nSPS) is 9.27. The smallest absolute Gasteiger partial charge is 0.293 e. The van der Waals surface area contributed by atoms with Gasteiger partial charge in [0, 0.05) is 28.7 Å². The first-order chi connectivity index (χ1) is 5.22. The van der Waals surface area contributed by atoms with Crippen LogP contribution in [0.1, 0.15) is 0 Å². The van der Waals surface area contributed by atoms with E-state index in [0.29, 0.717) is 0 Å². The predicted octanol–water partition coefficient (Wildman–Crippen LogP) is 2.64. The highest BCUT2D eigenvalue weighted by atomic mass is 79.9. The second-order valence-electron chi connectivity index (χ2n) is 2.15. The Hall–Kier alpha value is -0.830. The molecule has 2 nitrogen and oxygen atoms in total. The van der Waals surface area contributed by atoms with Gasteiger partial charge in [0.2, 0.25) is 0 Å². The Morgan fingerprint density at radius 3 is 2.36 bits per heavy atom. The van der Waals surface area contributed by atoms with E-state index in [0.717, 1.165) is 5.69 Å². The first-order valence-electron chi connectivity index (χ1n) is 3.20. The Bertz CT molecular complexity index is 248.